The fraction of sp³-hybridized carbons (Fsp3) is 0.409. The molecule has 0 amide bonds. The lowest BCUT2D eigenvalue weighted by atomic mass is 9.99. The minimum absolute atomic E-state index is 0.199. The second-order valence-corrected chi connectivity index (χ2v) is 7.78. The molecule has 0 spiro atoms. The Morgan fingerprint density at radius 2 is 1.89 bits per heavy atom. The molecule has 0 aliphatic carbocycles. The molecule has 1 aliphatic heterocycles. The van der Waals surface area contributed by atoms with Gasteiger partial charge in [-0.1, -0.05) is 38.1 Å². The zero-order valence-electron chi connectivity index (χ0n) is 15.9. The molecular weight excluding hydrogens is 336 g/mol. The van der Waals surface area contributed by atoms with Crippen molar-refractivity contribution in [2.24, 2.45) is 5.92 Å². The number of hydrogen-bond donors (Lipinski definition) is 1. The molecule has 3 aromatic rings. The van der Waals surface area contributed by atoms with Crippen molar-refractivity contribution in [3.63, 3.8) is 0 Å². The van der Waals surface area contributed by atoms with Gasteiger partial charge in [-0.2, -0.15) is 0 Å². The summed E-state index contributed by atoms with van der Waals surface area (Å²) in [6, 6.07) is 14.3. The molecule has 1 aromatic carbocycles. The van der Waals surface area contributed by atoms with Gasteiger partial charge in [-0.05, 0) is 24.6 Å². The van der Waals surface area contributed by atoms with Crippen molar-refractivity contribution in [2.45, 2.75) is 38.8 Å². The minimum Gasteiger partial charge on any atom is -0.391 e. The first-order chi connectivity index (χ1) is 13.1. The average Bonchev–Trinajstić information content (AvgIpc) is 3.00. The molecule has 0 saturated carbocycles. The monoisotopic (exact) mass is 362 g/mol. The van der Waals surface area contributed by atoms with Gasteiger partial charge >= 0.3 is 0 Å². The van der Waals surface area contributed by atoms with Crippen LogP contribution in [-0.4, -0.2) is 44.2 Å². The van der Waals surface area contributed by atoms with Crippen molar-refractivity contribution >= 4 is 10.9 Å². The predicted octanol–water partition coefficient (Wildman–Crippen LogP) is 3.18. The molecule has 1 saturated heterocycles. The SMILES string of the molecule is CC(C)c1nccc(CN2C[C@@H](Cc3ccc4ccccc4n3)[C@H](O)C2)n1. The Kier molecular flexibility index (Phi) is 5.14. The summed E-state index contributed by atoms with van der Waals surface area (Å²) in [7, 11) is 0. The molecule has 3 heterocycles. The number of aliphatic hydroxyl groups excluding tert-OH is 1. The van der Waals surface area contributed by atoms with Gasteiger partial charge in [-0.15, -0.1) is 0 Å². The van der Waals surface area contributed by atoms with Gasteiger partial charge in [-0.25, -0.2) is 9.97 Å². The average molecular weight is 362 g/mol. The molecule has 1 fully saturated rings. The summed E-state index contributed by atoms with van der Waals surface area (Å²) in [6.07, 6.45) is 2.30. The maximum absolute atomic E-state index is 10.6. The third-order valence-corrected chi connectivity index (χ3v) is 5.24. The highest BCUT2D eigenvalue weighted by atomic mass is 16.3. The van der Waals surface area contributed by atoms with Gasteiger partial charge < -0.3 is 5.11 Å². The van der Waals surface area contributed by atoms with Gasteiger partial charge in [0.25, 0.3) is 0 Å². The number of pyridine rings is 1. The maximum Gasteiger partial charge on any atom is 0.131 e. The van der Waals surface area contributed by atoms with E-state index >= 15 is 0 Å². The van der Waals surface area contributed by atoms with Gasteiger partial charge in [0.1, 0.15) is 5.82 Å². The summed E-state index contributed by atoms with van der Waals surface area (Å²) < 4.78 is 0. The maximum atomic E-state index is 10.6. The van der Waals surface area contributed by atoms with Gasteiger partial charge in [-0.3, -0.25) is 9.88 Å². The van der Waals surface area contributed by atoms with Crippen molar-refractivity contribution in [1.29, 1.82) is 0 Å². The first kappa shape index (κ1) is 18.0. The largest absolute Gasteiger partial charge is 0.391 e. The van der Waals surface area contributed by atoms with Crippen LogP contribution in [0.2, 0.25) is 0 Å². The molecule has 1 aliphatic rings. The molecule has 4 rings (SSSR count). The minimum atomic E-state index is -0.329. The summed E-state index contributed by atoms with van der Waals surface area (Å²) in [6.45, 7) is 6.49. The van der Waals surface area contributed by atoms with Crippen molar-refractivity contribution in [3.8, 4) is 0 Å². The standard InChI is InChI=1S/C22H26N4O/c1-15(2)22-23-10-9-19(25-22)13-26-12-17(21(27)14-26)11-18-8-7-16-5-3-4-6-20(16)24-18/h3-10,15,17,21,27H,11-14H2,1-2H3/t17-,21-/m1/s1. The number of hydrogen-bond acceptors (Lipinski definition) is 5. The Bertz CT molecular complexity index is 927. The molecular formula is C22H26N4O. The van der Waals surface area contributed by atoms with E-state index in [-0.39, 0.29) is 12.0 Å². The van der Waals surface area contributed by atoms with Crippen LogP contribution < -0.4 is 0 Å². The normalized spacial score (nSPS) is 20.6. The number of fused-ring (bicyclic) bond motifs is 1. The molecule has 5 nitrogen and oxygen atoms in total. The van der Waals surface area contributed by atoms with Crippen LogP contribution in [0.5, 0.6) is 0 Å². The summed E-state index contributed by atoms with van der Waals surface area (Å²) in [4.78, 5) is 16.0. The second kappa shape index (κ2) is 7.71. The van der Waals surface area contributed by atoms with Crippen LogP contribution in [0.3, 0.4) is 0 Å². The molecule has 27 heavy (non-hydrogen) atoms. The number of para-hydroxylation sites is 1. The lowest BCUT2D eigenvalue weighted by Crippen LogP contribution is -2.22. The first-order valence-corrected chi connectivity index (χ1v) is 9.65. The number of aromatic nitrogens is 3. The summed E-state index contributed by atoms with van der Waals surface area (Å²) in [5.41, 5.74) is 3.08. The van der Waals surface area contributed by atoms with E-state index in [4.69, 9.17) is 4.98 Å². The summed E-state index contributed by atoms with van der Waals surface area (Å²) in [5, 5.41) is 11.7. The molecule has 140 valence electrons. The summed E-state index contributed by atoms with van der Waals surface area (Å²) >= 11 is 0. The van der Waals surface area contributed by atoms with Gasteiger partial charge in [0.05, 0.1) is 17.3 Å². The van der Waals surface area contributed by atoms with E-state index in [1.165, 1.54) is 0 Å². The van der Waals surface area contributed by atoms with Gasteiger partial charge in [0.2, 0.25) is 0 Å². The fourth-order valence-electron chi connectivity index (χ4n) is 3.77. The Morgan fingerprint density at radius 1 is 1.04 bits per heavy atom. The van der Waals surface area contributed by atoms with Crippen molar-refractivity contribution in [3.05, 3.63) is 65.9 Å². The smallest absolute Gasteiger partial charge is 0.131 e. The van der Waals surface area contributed by atoms with E-state index in [1.54, 1.807) is 0 Å². The number of benzene rings is 1. The van der Waals surface area contributed by atoms with E-state index in [0.717, 1.165) is 47.6 Å². The Hall–Kier alpha value is -2.37. The lowest BCUT2D eigenvalue weighted by Gasteiger charge is -2.16. The zero-order chi connectivity index (χ0) is 18.8. The van der Waals surface area contributed by atoms with E-state index < -0.39 is 0 Å². The van der Waals surface area contributed by atoms with E-state index in [9.17, 15) is 5.11 Å². The number of nitrogens with zero attached hydrogens (tertiary/aromatic N) is 4. The Labute approximate surface area is 160 Å². The highest BCUT2D eigenvalue weighted by Gasteiger charge is 2.31. The number of likely N-dealkylation sites (tertiary alicyclic amines) is 1. The molecule has 2 atom stereocenters. The van der Waals surface area contributed by atoms with Gasteiger partial charge in [0, 0.05) is 48.7 Å². The quantitative estimate of drug-likeness (QED) is 0.755. The Morgan fingerprint density at radius 3 is 2.74 bits per heavy atom. The van der Waals surface area contributed by atoms with Crippen molar-refractivity contribution < 1.29 is 5.11 Å². The van der Waals surface area contributed by atoms with Crippen LogP contribution in [-0.2, 0) is 13.0 Å². The first-order valence-electron chi connectivity index (χ1n) is 9.65. The van der Waals surface area contributed by atoms with E-state index in [0.29, 0.717) is 12.5 Å². The third-order valence-electron chi connectivity index (χ3n) is 5.24. The van der Waals surface area contributed by atoms with Crippen LogP contribution in [0, 0.1) is 5.92 Å². The van der Waals surface area contributed by atoms with Crippen LogP contribution >= 0.6 is 0 Å². The van der Waals surface area contributed by atoms with Crippen LogP contribution in [0.1, 0.15) is 37.0 Å². The molecule has 5 heteroatoms. The van der Waals surface area contributed by atoms with Crippen molar-refractivity contribution in [2.75, 3.05) is 13.1 Å². The van der Waals surface area contributed by atoms with E-state index in [2.05, 4.69) is 46.9 Å². The topological polar surface area (TPSA) is 62.1 Å². The zero-order valence-corrected chi connectivity index (χ0v) is 15.9. The highest BCUT2D eigenvalue weighted by Crippen LogP contribution is 2.23. The number of aliphatic hydroxyl groups is 1. The summed E-state index contributed by atoms with van der Waals surface area (Å²) in [5.74, 6) is 1.40. The van der Waals surface area contributed by atoms with E-state index in [1.807, 2.05) is 30.5 Å². The second-order valence-electron chi connectivity index (χ2n) is 7.78. The molecule has 0 unspecified atom stereocenters. The third kappa shape index (κ3) is 4.15. The highest BCUT2D eigenvalue weighted by molar-refractivity contribution is 5.78. The van der Waals surface area contributed by atoms with Crippen LogP contribution in [0.4, 0.5) is 0 Å². The molecule has 2 aromatic heterocycles. The molecule has 1 N–H and O–H groups in total. The Balaban J connectivity index is 1.42. The lowest BCUT2D eigenvalue weighted by molar-refractivity contribution is 0.140. The number of rotatable bonds is 5. The molecule has 0 bridgehead atoms. The number of β-amino-alcohol motifs (C(OH)–C–C–N with tert-alkyl or cyclic N) is 1. The van der Waals surface area contributed by atoms with Crippen molar-refractivity contribution in [1.82, 2.24) is 19.9 Å². The van der Waals surface area contributed by atoms with Crippen LogP contribution in [0.15, 0.2) is 48.7 Å². The predicted molar refractivity (Wildman–Crippen MR) is 106 cm³/mol. The fourth-order valence-corrected chi connectivity index (χ4v) is 3.77. The van der Waals surface area contributed by atoms with Crippen LogP contribution in [0.25, 0.3) is 10.9 Å². The van der Waals surface area contributed by atoms with Gasteiger partial charge in [0.15, 0.2) is 0 Å². The molecule has 0 radical (unpaired) electrons.